The zero-order chi connectivity index (χ0) is 33.6. The van der Waals surface area contributed by atoms with Crippen LogP contribution in [0.25, 0.3) is 0 Å². The van der Waals surface area contributed by atoms with Crippen LogP contribution in [-0.2, 0) is 14.3 Å². The van der Waals surface area contributed by atoms with E-state index in [4.69, 9.17) is 9.84 Å². The number of rotatable bonds is 38. The summed E-state index contributed by atoms with van der Waals surface area (Å²) < 4.78 is 5.01. The number of aliphatic carboxylic acids is 1. The lowest BCUT2D eigenvalue weighted by Crippen LogP contribution is -2.03. The molecule has 0 atom stereocenters. The maximum absolute atomic E-state index is 11.3. The zero-order valence-electron chi connectivity index (χ0n) is 31.2. The highest BCUT2D eigenvalue weighted by molar-refractivity contribution is 5.90. The number of unbranched alkanes of at least 4 members (excludes halogenated alkanes) is 28. The molecule has 0 aliphatic carbocycles. The Morgan fingerprint density at radius 1 is 0.435 bits per heavy atom. The molecule has 0 radical (unpaired) electrons. The molecule has 0 heterocycles. The minimum absolute atomic E-state index is 0.377. The first kappa shape index (κ1) is 44.7. The summed E-state index contributed by atoms with van der Waals surface area (Å²) in [5, 5.41) is 8.51. The molecular formula is C42H80O4. The van der Waals surface area contributed by atoms with E-state index in [1.807, 2.05) is 0 Å². The summed E-state index contributed by atoms with van der Waals surface area (Å²) >= 11 is 0. The Balaban J connectivity index is 3.88. The van der Waals surface area contributed by atoms with Gasteiger partial charge in [0, 0.05) is 12.2 Å². The van der Waals surface area contributed by atoms with Crippen LogP contribution in [0.2, 0.25) is 0 Å². The minimum Gasteiger partial charge on any atom is -0.478 e. The van der Waals surface area contributed by atoms with E-state index >= 15 is 0 Å². The van der Waals surface area contributed by atoms with Crippen molar-refractivity contribution in [3.63, 3.8) is 0 Å². The van der Waals surface area contributed by atoms with Crippen molar-refractivity contribution in [3.05, 3.63) is 12.2 Å². The summed E-state index contributed by atoms with van der Waals surface area (Å²) in [7, 11) is 0. The van der Waals surface area contributed by atoms with Gasteiger partial charge >= 0.3 is 11.9 Å². The van der Waals surface area contributed by atoms with Crippen molar-refractivity contribution in [2.24, 2.45) is 5.92 Å². The van der Waals surface area contributed by atoms with Gasteiger partial charge in [0.15, 0.2) is 0 Å². The average molecular weight is 649 g/mol. The second-order valence-electron chi connectivity index (χ2n) is 14.3. The van der Waals surface area contributed by atoms with E-state index in [1.165, 1.54) is 205 Å². The Bertz CT molecular complexity index is 634. The van der Waals surface area contributed by atoms with Gasteiger partial charge in [0.1, 0.15) is 0 Å². The Kier molecular flexibility index (Phi) is 37.0. The van der Waals surface area contributed by atoms with Crippen molar-refractivity contribution in [2.75, 3.05) is 6.61 Å². The zero-order valence-corrected chi connectivity index (χ0v) is 31.2. The molecule has 0 saturated heterocycles. The fraction of sp³-hybridized carbons (Fsp3) is 0.905. The van der Waals surface area contributed by atoms with E-state index in [2.05, 4.69) is 13.8 Å². The molecule has 4 nitrogen and oxygen atoms in total. The molecule has 1 N–H and O–H groups in total. The van der Waals surface area contributed by atoms with Crippen LogP contribution in [0, 0.1) is 5.92 Å². The van der Waals surface area contributed by atoms with Crippen LogP contribution in [0.5, 0.6) is 0 Å². The lowest BCUT2D eigenvalue weighted by atomic mass is 9.89. The molecule has 0 rings (SSSR count). The summed E-state index contributed by atoms with van der Waals surface area (Å²) in [5.41, 5.74) is 0. The smallest absolute Gasteiger partial charge is 0.331 e. The van der Waals surface area contributed by atoms with Crippen LogP contribution in [0.1, 0.15) is 232 Å². The number of carbonyl (C=O) groups excluding carboxylic acids is 1. The molecule has 0 saturated carbocycles. The Labute approximate surface area is 287 Å². The fourth-order valence-corrected chi connectivity index (χ4v) is 6.76. The summed E-state index contributed by atoms with van der Waals surface area (Å²) in [4.78, 5) is 21.7. The van der Waals surface area contributed by atoms with E-state index < -0.39 is 11.9 Å². The quantitative estimate of drug-likeness (QED) is 0.0411. The van der Waals surface area contributed by atoms with Gasteiger partial charge in [-0.3, -0.25) is 0 Å². The summed E-state index contributed by atoms with van der Waals surface area (Å²) in [5.74, 6) is -0.718. The first-order chi connectivity index (χ1) is 22.6. The fourth-order valence-electron chi connectivity index (χ4n) is 6.76. The van der Waals surface area contributed by atoms with Gasteiger partial charge in [-0.1, -0.05) is 226 Å². The molecule has 0 fully saturated rings. The topological polar surface area (TPSA) is 63.6 Å². The normalized spacial score (nSPS) is 11.6. The third-order valence-electron chi connectivity index (χ3n) is 9.79. The summed E-state index contributed by atoms with van der Waals surface area (Å²) in [6.07, 6.45) is 49.1. The highest BCUT2D eigenvalue weighted by atomic mass is 16.5. The highest BCUT2D eigenvalue weighted by Gasteiger charge is 2.09. The van der Waals surface area contributed by atoms with E-state index in [0.717, 1.165) is 30.9 Å². The molecule has 0 aromatic carbocycles. The van der Waals surface area contributed by atoms with Crippen LogP contribution in [-0.4, -0.2) is 23.7 Å². The molecule has 46 heavy (non-hydrogen) atoms. The van der Waals surface area contributed by atoms with E-state index in [-0.39, 0.29) is 0 Å². The number of hydrogen-bond donors (Lipinski definition) is 1. The predicted molar refractivity (Wildman–Crippen MR) is 200 cm³/mol. The van der Waals surface area contributed by atoms with Gasteiger partial charge in [0.05, 0.1) is 6.61 Å². The maximum Gasteiger partial charge on any atom is 0.331 e. The number of carbonyl (C=O) groups is 2. The van der Waals surface area contributed by atoms with Gasteiger partial charge in [-0.25, -0.2) is 9.59 Å². The van der Waals surface area contributed by atoms with Crippen molar-refractivity contribution in [1.82, 2.24) is 0 Å². The standard InChI is InChI=1S/C42H80O4/c1-3-5-7-9-11-13-18-22-26-30-34-40(35-31-27-23-19-14-12-10-8-6-4-2)36-32-28-24-20-16-15-17-21-25-29-33-39-46-42(45)38-37-41(43)44/h37-38,40H,3-36,39H2,1-2H3,(H,43,44)/b38-37+. The SMILES string of the molecule is CCCCCCCCCCCCC(CCCCCCCCCCCC)CCCCCCCCCCCCCOC(=O)/C=C/C(=O)O. The van der Waals surface area contributed by atoms with Crippen molar-refractivity contribution in [3.8, 4) is 0 Å². The van der Waals surface area contributed by atoms with Crippen molar-refractivity contribution in [1.29, 1.82) is 0 Å². The highest BCUT2D eigenvalue weighted by Crippen LogP contribution is 2.25. The molecule has 272 valence electrons. The second kappa shape index (κ2) is 38.1. The third-order valence-corrected chi connectivity index (χ3v) is 9.79. The number of esters is 1. The van der Waals surface area contributed by atoms with Gasteiger partial charge in [0.2, 0.25) is 0 Å². The largest absolute Gasteiger partial charge is 0.478 e. The molecule has 0 amide bonds. The monoisotopic (exact) mass is 649 g/mol. The van der Waals surface area contributed by atoms with Gasteiger partial charge in [-0.2, -0.15) is 0 Å². The van der Waals surface area contributed by atoms with Crippen molar-refractivity contribution in [2.45, 2.75) is 232 Å². The first-order valence-electron chi connectivity index (χ1n) is 20.7. The Morgan fingerprint density at radius 3 is 1.02 bits per heavy atom. The first-order valence-corrected chi connectivity index (χ1v) is 20.7. The van der Waals surface area contributed by atoms with Gasteiger partial charge in [0.25, 0.3) is 0 Å². The molecule has 0 spiro atoms. The molecule has 0 aliphatic heterocycles. The molecule has 0 bridgehead atoms. The van der Waals surface area contributed by atoms with Crippen molar-refractivity contribution < 1.29 is 19.4 Å². The molecule has 4 heteroatoms. The third kappa shape index (κ3) is 37.1. The van der Waals surface area contributed by atoms with Crippen LogP contribution in [0.15, 0.2) is 12.2 Å². The van der Waals surface area contributed by atoms with Crippen LogP contribution >= 0.6 is 0 Å². The number of carboxylic acid groups (broad SMARTS) is 1. The Hall–Kier alpha value is -1.32. The lowest BCUT2D eigenvalue weighted by Gasteiger charge is -2.17. The lowest BCUT2D eigenvalue weighted by molar-refractivity contribution is -0.138. The summed E-state index contributed by atoms with van der Waals surface area (Å²) in [6, 6.07) is 0. The van der Waals surface area contributed by atoms with E-state index in [1.54, 1.807) is 0 Å². The Morgan fingerprint density at radius 2 is 0.717 bits per heavy atom. The van der Waals surface area contributed by atoms with Crippen LogP contribution in [0.3, 0.4) is 0 Å². The predicted octanol–water partition coefficient (Wildman–Crippen LogP) is 14.1. The number of ether oxygens (including phenoxy) is 1. The minimum atomic E-state index is -1.13. The van der Waals surface area contributed by atoms with Crippen LogP contribution < -0.4 is 0 Å². The average Bonchev–Trinajstić information content (AvgIpc) is 3.05. The van der Waals surface area contributed by atoms with E-state index in [0.29, 0.717) is 6.61 Å². The van der Waals surface area contributed by atoms with Gasteiger partial charge in [-0.15, -0.1) is 0 Å². The van der Waals surface area contributed by atoms with Gasteiger partial charge in [-0.05, 0) is 12.3 Å². The van der Waals surface area contributed by atoms with E-state index in [9.17, 15) is 9.59 Å². The number of hydrogen-bond acceptors (Lipinski definition) is 3. The molecule has 0 unspecified atom stereocenters. The molecule has 0 aliphatic rings. The summed E-state index contributed by atoms with van der Waals surface area (Å²) in [6.45, 7) is 4.99. The maximum atomic E-state index is 11.3. The van der Waals surface area contributed by atoms with Gasteiger partial charge < -0.3 is 9.84 Å². The number of carboxylic acids is 1. The second-order valence-corrected chi connectivity index (χ2v) is 14.3. The molecular weight excluding hydrogens is 568 g/mol. The van der Waals surface area contributed by atoms with Crippen LogP contribution in [0.4, 0.5) is 0 Å². The van der Waals surface area contributed by atoms with Crippen molar-refractivity contribution >= 4 is 11.9 Å². The molecule has 0 aromatic heterocycles. The molecule has 0 aromatic rings.